The van der Waals surface area contributed by atoms with Crippen LogP contribution >= 0.6 is 0 Å². The minimum atomic E-state index is 0.301. The monoisotopic (exact) mass is 262 g/mol. The molecule has 2 fully saturated rings. The van der Waals surface area contributed by atoms with Crippen LogP contribution in [0.3, 0.4) is 0 Å². The number of amides is 1. The quantitative estimate of drug-likeness (QED) is 0.884. The fourth-order valence-electron chi connectivity index (χ4n) is 3.06. The van der Waals surface area contributed by atoms with Crippen molar-refractivity contribution in [2.75, 3.05) is 13.1 Å². The Labute approximate surface area is 114 Å². The number of carbonyl (C=O) groups excluding carboxylic acids is 1. The zero-order chi connectivity index (χ0) is 13.1. The van der Waals surface area contributed by atoms with Gasteiger partial charge < -0.3 is 14.6 Å². The van der Waals surface area contributed by atoms with Crippen LogP contribution in [0.25, 0.3) is 0 Å². The van der Waals surface area contributed by atoms with Crippen molar-refractivity contribution in [1.82, 2.24) is 10.2 Å². The fourth-order valence-corrected chi connectivity index (χ4v) is 3.06. The van der Waals surface area contributed by atoms with E-state index in [1.807, 2.05) is 12.1 Å². The Morgan fingerprint density at radius 2 is 2.16 bits per heavy atom. The largest absolute Gasteiger partial charge is 0.467 e. The Morgan fingerprint density at radius 1 is 1.37 bits per heavy atom. The number of hydrogen-bond donors (Lipinski definition) is 1. The molecular formula is C15H22N2O2. The van der Waals surface area contributed by atoms with Crippen molar-refractivity contribution >= 4 is 5.91 Å². The summed E-state index contributed by atoms with van der Waals surface area (Å²) in [5.74, 6) is 1.73. The van der Waals surface area contributed by atoms with Crippen LogP contribution in [0.15, 0.2) is 22.8 Å². The van der Waals surface area contributed by atoms with Gasteiger partial charge in [0, 0.05) is 12.5 Å². The third kappa shape index (κ3) is 3.00. The Bertz CT molecular complexity index is 406. The van der Waals surface area contributed by atoms with Gasteiger partial charge in [-0.3, -0.25) is 4.79 Å². The lowest BCUT2D eigenvalue weighted by Gasteiger charge is -2.32. The van der Waals surface area contributed by atoms with E-state index < -0.39 is 0 Å². The molecule has 1 aliphatic carbocycles. The van der Waals surface area contributed by atoms with Crippen LogP contribution in [0, 0.1) is 5.92 Å². The molecule has 0 radical (unpaired) electrons. The van der Waals surface area contributed by atoms with E-state index in [2.05, 4.69) is 10.2 Å². The molecule has 0 aromatic carbocycles. The summed E-state index contributed by atoms with van der Waals surface area (Å²) in [4.78, 5) is 14.6. The van der Waals surface area contributed by atoms with Gasteiger partial charge in [0.15, 0.2) is 0 Å². The highest BCUT2D eigenvalue weighted by Crippen LogP contribution is 2.26. The van der Waals surface area contributed by atoms with Crippen molar-refractivity contribution in [1.29, 1.82) is 0 Å². The molecule has 1 saturated carbocycles. The topological polar surface area (TPSA) is 45.5 Å². The summed E-state index contributed by atoms with van der Waals surface area (Å²) in [7, 11) is 0. The standard InChI is InChI=1S/C15H22N2O2/c18-15(8-12-9-16-10-12)17(13-4-1-2-5-13)11-14-6-3-7-19-14/h3,6-7,12-13,16H,1-2,4-5,8-11H2. The molecule has 104 valence electrons. The Kier molecular flexibility index (Phi) is 3.87. The zero-order valence-electron chi connectivity index (χ0n) is 11.3. The summed E-state index contributed by atoms with van der Waals surface area (Å²) in [5.41, 5.74) is 0. The second-order valence-electron chi connectivity index (χ2n) is 5.77. The zero-order valence-corrected chi connectivity index (χ0v) is 11.3. The van der Waals surface area contributed by atoms with Gasteiger partial charge in [-0.05, 0) is 44.0 Å². The highest BCUT2D eigenvalue weighted by atomic mass is 16.3. The molecule has 1 aliphatic heterocycles. The predicted molar refractivity (Wildman–Crippen MR) is 72.5 cm³/mol. The van der Waals surface area contributed by atoms with E-state index in [4.69, 9.17) is 4.42 Å². The summed E-state index contributed by atoms with van der Waals surface area (Å²) < 4.78 is 5.41. The minimum Gasteiger partial charge on any atom is -0.467 e. The molecule has 1 N–H and O–H groups in total. The molecule has 2 heterocycles. The Balaban J connectivity index is 1.65. The van der Waals surface area contributed by atoms with Crippen molar-refractivity contribution in [3.8, 4) is 0 Å². The maximum Gasteiger partial charge on any atom is 0.223 e. The van der Waals surface area contributed by atoms with Gasteiger partial charge in [-0.2, -0.15) is 0 Å². The van der Waals surface area contributed by atoms with Crippen LogP contribution in [0.2, 0.25) is 0 Å². The van der Waals surface area contributed by atoms with Gasteiger partial charge in [0.1, 0.15) is 5.76 Å². The molecular weight excluding hydrogens is 240 g/mol. The highest BCUT2D eigenvalue weighted by Gasteiger charge is 2.30. The van der Waals surface area contributed by atoms with E-state index in [1.54, 1.807) is 6.26 Å². The molecule has 0 atom stereocenters. The van der Waals surface area contributed by atoms with Crippen molar-refractivity contribution in [2.45, 2.75) is 44.7 Å². The first-order chi connectivity index (χ1) is 9.33. The van der Waals surface area contributed by atoms with Crippen molar-refractivity contribution in [3.05, 3.63) is 24.2 Å². The lowest BCUT2D eigenvalue weighted by atomic mass is 9.98. The van der Waals surface area contributed by atoms with Crippen molar-refractivity contribution < 1.29 is 9.21 Å². The molecule has 1 aromatic rings. The molecule has 0 unspecified atom stereocenters. The normalized spacial score (nSPS) is 20.4. The maximum absolute atomic E-state index is 12.5. The average Bonchev–Trinajstić information content (AvgIpc) is 3.02. The molecule has 4 nitrogen and oxygen atoms in total. The van der Waals surface area contributed by atoms with E-state index >= 15 is 0 Å². The first-order valence-corrected chi connectivity index (χ1v) is 7.35. The average molecular weight is 262 g/mol. The number of rotatable bonds is 5. The number of nitrogens with zero attached hydrogens (tertiary/aromatic N) is 1. The van der Waals surface area contributed by atoms with Crippen molar-refractivity contribution in [3.63, 3.8) is 0 Å². The van der Waals surface area contributed by atoms with E-state index in [-0.39, 0.29) is 0 Å². The first-order valence-electron chi connectivity index (χ1n) is 7.35. The van der Waals surface area contributed by atoms with Gasteiger partial charge in [0.25, 0.3) is 0 Å². The van der Waals surface area contributed by atoms with E-state index in [0.717, 1.165) is 31.7 Å². The molecule has 1 aromatic heterocycles. The van der Waals surface area contributed by atoms with Crippen molar-refractivity contribution in [2.24, 2.45) is 5.92 Å². The molecule has 4 heteroatoms. The molecule has 1 amide bonds. The van der Waals surface area contributed by atoms with Gasteiger partial charge in [0.2, 0.25) is 5.91 Å². The van der Waals surface area contributed by atoms with Crippen LogP contribution in [-0.4, -0.2) is 29.9 Å². The predicted octanol–water partition coefficient (Wildman–Crippen LogP) is 2.16. The van der Waals surface area contributed by atoms with Crippen LogP contribution < -0.4 is 5.32 Å². The summed E-state index contributed by atoms with van der Waals surface area (Å²) in [5, 5.41) is 3.23. The number of nitrogens with one attached hydrogen (secondary N) is 1. The molecule has 2 aliphatic rings. The van der Waals surface area contributed by atoms with Gasteiger partial charge in [-0.1, -0.05) is 12.8 Å². The molecule has 19 heavy (non-hydrogen) atoms. The summed E-state index contributed by atoms with van der Waals surface area (Å²) in [6.07, 6.45) is 7.16. The van der Waals surface area contributed by atoms with Gasteiger partial charge in [-0.15, -0.1) is 0 Å². The first kappa shape index (κ1) is 12.7. The smallest absolute Gasteiger partial charge is 0.223 e. The van der Waals surface area contributed by atoms with E-state index in [1.165, 1.54) is 12.8 Å². The second-order valence-corrected chi connectivity index (χ2v) is 5.77. The fraction of sp³-hybridized carbons (Fsp3) is 0.667. The van der Waals surface area contributed by atoms with E-state index in [0.29, 0.717) is 30.8 Å². The maximum atomic E-state index is 12.5. The van der Waals surface area contributed by atoms with E-state index in [9.17, 15) is 4.79 Å². The third-order valence-electron chi connectivity index (χ3n) is 4.32. The third-order valence-corrected chi connectivity index (χ3v) is 4.32. The SMILES string of the molecule is O=C(CC1CNC1)N(Cc1ccco1)C1CCCC1. The lowest BCUT2D eigenvalue weighted by molar-refractivity contribution is -0.135. The number of hydrogen-bond acceptors (Lipinski definition) is 3. The molecule has 3 rings (SSSR count). The van der Waals surface area contributed by atoms with Gasteiger partial charge in [-0.25, -0.2) is 0 Å². The number of carbonyl (C=O) groups is 1. The van der Waals surface area contributed by atoms with Crippen LogP contribution in [0.1, 0.15) is 37.9 Å². The Hall–Kier alpha value is -1.29. The summed E-state index contributed by atoms with van der Waals surface area (Å²) in [6, 6.07) is 4.27. The molecule has 1 saturated heterocycles. The molecule has 0 bridgehead atoms. The summed E-state index contributed by atoms with van der Waals surface area (Å²) in [6.45, 7) is 2.62. The minimum absolute atomic E-state index is 0.301. The second kappa shape index (κ2) is 5.78. The van der Waals surface area contributed by atoms with Crippen LogP contribution in [0.5, 0.6) is 0 Å². The summed E-state index contributed by atoms with van der Waals surface area (Å²) >= 11 is 0. The number of furan rings is 1. The van der Waals surface area contributed by atoms with Crippen LogP contribution in [-0.2, 0) is 11.3 Å². The lowest BCUT2D eigenvalue weighted by Crippen LogP contribution is -2.46. The van der Waals surface area contributed by atoms with Gasteiger partial charge in [0.05, 0.1) is 12.8 Å². The van der Waals surface area contributed by atoms with Crippen LogP contribution in [0.4, 0.5) is 0 Å². The Morgan fingerprint density at radius 3 is 2.74 bits per heavy atom. The highest BCUT2D eigenvalue weighted by molar-refractivity contribution is 5.77. The van der Waals surface area contributed by atoms with Gasteiger partial charge >= 0.3 is 0 Å². The molecule has 0 spiro atoms.